The topological polar surface area (TPSA) is 76.1 Å². The van der Waals surface area contributed by atoms with Gasteiger partial charge >= 0.3 is 0 Å². The first kappa shape index (κ1) is 21.8. The maximum absolute atomic E-state index is 12.9. The molecule has 0 unspecified atom stereocenters. The number of benzene rings is 2. The molecule has 6 nitrogen and oxygen atoms in total. The summed E-state index contributed by atoms with van der Waals surface area (Å²) >= 11 is 0. The maximum Gasteiger partial charge on any atom is 0.251 e. The standard InChI is InChI=1S/C26H30N4O2/c1-18(19-8-7-13-24(15-19)32-2)29-25(31)21-10-6-9-20(14-21)22-16-27-26(28-17-22)30-23-11-4-3-5-12-23/h6-10,13-18,23H,3-5,11-12H2,1-2H3,(H,29,31)(H,27,28,30)/t18-/m1/s1. The smallest absolute Gasteiger partial charge is 0.251 e. The molecule has 1 amide bonds. The lowest BCUT2D eigenvalue weighted by Gasteiger charge is -2.22. The van der Waals surface area contributed by atoms with Gasteiger partial charge in [0, 0.05) is 29.6 Å². The molecular weight excluding hydrogens is 400 g/mol. The highest BCUT2D eigenvalue weighted by Crippen LogP contribution is 2.23. The number of rotatable bonds is 7. The Labute approximate surface area is 189 Å². The lowest BCUT2D eigenvalue weighted by molar-refractivity contribution is 0.0940. The first-order chi connectivity index (χ1) is 15.6. The van der Waals surface area contributed by atoms with Crippen molar-refractivity contribution in [3.63, 3.8) is 0 Å². The van der Waals surface area contributed by atoms with E-state index in [1.165, 1.54) is 32.1 Å². The maximum atomic E-state index is 12.9. The lowest BCUT2D eigenvalue weighted by Crippen LogP contribution is -2.26. The molecule has 6 heteroatoms. The first-order valence-corrected chi connectivity index (χ1v) is 11.3. The molecule has 2 aromatic carbocycles. The summed E-state index contributed by atoms with van der Waals surface area (Å²) in [7, 11) is 1.64. The van der Waals surface area contributed by atoms with Crippen molar-refractivity contribution in [2.75, 3.05) is 12.4 Å². The minimum atomic E-state index is -0.144. The van der Waals surface area contributed by atoms with Crippen LogP contribution in [0, 0.1) is 0 Å². The van der Waals surface area contributed by atoms with Crippen LogP contribution in [0.15, 0.2) is 60.9 Å². The van der Waals surface area contributed by atoms with Crippen molar-refractivity contribution < 1.29 is 9.53 Å². The van der Waals surface area contributed by atoms with Crippen molar-refractivity contribution >= 4 is 11.9 Å². The van der Waals surface area contributed by atoms with E-state index in [1.54, 1.807) is 7.11 Å². The molecule has 1 fully saturated rings. The molecule has 2 N–H and O–H groups in total. The molecule has 1 heterocycles. The van der Waals surface area contributed by atoms with E-state index in [9.17, 15) is 4.79 Å². The summed E-state index contributed by atoms with van der Waals surface area (Å²) in [6, 6.07) is 15.6. The molecule has 1 saturated carbocycles. The molecule has 0 saturated heterocycles. The second kappa shape index (κ2) is 10.3. The molecule has 4 rings (SSSR count). The van der Waals surface area contributed by atoms with Crippen LogP contribution >= 0.6 is 0 Å². The quantitative estimate of drug-likeness (QED) is 0.526. The van der Waals surface area contributed by atoms with Crippen molar-refractivity contribution in [3.8, 4) is 16.9 Å². The zero-order valence-corrected chi connectivity index (χ0v) is 18.7. The fraction of sp³-hybridized carbons (Fsp3) is 0.346. The highest BCUT2D eigenvalue weighted by molar-refractivity contribution is 5.95. The highest BCUT2D eigenvalue weighted by atomic mass is 16.5. The van der Waals surface area contributed by atoms with Crippen molar-refractivity contribution in [2.45, 2.75) is 51.1 Å². The van der Waals surface area contributed by atoms with Gasteiger partial charge in [-0.3, -0.25) is 4.79 Å². The third kappa shape index (κ3) is 5.44. The molecule has 0 radical (unpaired) electrons. The monoisotopic (exact) mass is 430 g/mol. The zero-order chi connectivity index (χ0) is 22.3. The predicted octanol–water partition coefficient (Wildman–Crippen LogP) is 5.39. The average molecular weight is 431 g/mol. The number of nitrogens with zero attached hydrogens (tertiary/aromatic N) is 2. The molecule has 1 aromatic heterocycles. The number of methoxy groups -OCH3 is 1. The molecule has 166 valence electrons. The fourth-order valence-corrected chi connectivity index (χ4v) is 4.10. The minimum Gasteiger partial charge on any atom is -0.497 e. The summed E-state index contributed by atoms with van der Waals surface area (Å²) < 4.78 is 5.28. The van der Waals surface area contributed by atoms with Crippen LogP contribution in [0.25, 0.3) is 11.1 Å². The van der Waals surface area contributed by atoms with Gasteiger partial charge < -0.3 is 15.4 Å². The Morgan fingerprint density at radius 1 is 1.00 bits per heavy atom. The van der Waals surface area contributed by atoms with Crippen LogP contribution in [-0.4, -0.2) is 29.0 Å². The molecular formula is C26H30N4O2. The van der Waals surface area contributed by atoms with Crippen LogP contribution in [0.5, 0.6) is 5.75 Å². The number of hydrogen-bond donors (Lipinski definition) is 2. The van der Waals surface area contributed by atoms with Crippen LogP contribution in [0.3, 0.4) is 0 Å². The van der Waals surface area contributed by atoms with Gasteiger partial charge in [0.2, 0.25) is 5.95 Å². The van der Waals surface area contributed by atoms with Gasteiger partial charge in [-0.25, -0.2) is 9.97 Å². The average Bonchev–Trinajstić information content (AvgIpc) is 2.85. The number of ether oxygens (including phenoxy) is 1. The predicted molar refractivity (Wildman–Crippen MR) is 127 cm³/mol. The van der Waals surface area contributed by atoms with Crippen molar-refractivity contribution in [2.24, 2.45) is 0 Å². The molecule has 0 spiro atoms. The van der Waals surface area contributed by atoms with Gasteiger partial charge in [0.25, 0.3) is 5.91 Å². The second-order valence-corrected chi connectivity index (χ2v) is 8.33. The Hall–Kier alpha value is -3.41. The molecule has 1 aliphatic rings. The fourth-order valence-electron chi connectivity index (χ4n) is 4.10. The summed E-state index contributed by atoms with van der Waals surface area (Å²) in [5.74, 6) is 1.31. The Kier molecular flexibility index (Phi) is 7.00. The zero-order valence-electron chi connectivity index (χ0n) is 18.7. The van der Waals surface area contributed by atoms with Gasteiger partial charge in [0.15, 0.2) is 0 Å². The van der Waals surface area contributed by atoms with E-state index in [0.29, 0.717) is 17.6 Å². The summed E-state index contributed by atoms with van der Waals surface area (Å²) in [6.07, 6.45) is 9.83. The van der Waals surface area contributed by atoms with Crippen LogP contribution < -0.4 is 15.4 Å². The number of amides is 1. The number of carbonyl (C=O) groups excluding carboxylic acids is 1. The molecule has 0 aliphatic heterocycles. The minimum absolute atomic E-state index is 0.126. The van der Waals surface area contributed by atoms with Crippen LogP contribution in [0.2, 0.25) is 0 Å². The van der Waals surface area contributed by atoms with Gasteiger partial charge in [0.1, 0.15) is 5.75 Å². The summed E-state index contributed by atoms with van der Waals surface area (Å²) in [5, 5.41) is 6.50. The van der Waals surface area contributed by atoms with E-state index in [4.69, 9.17) is 4.74 Å². The van der Waals surface area contributed by atoms with E-state index in [1.807, 2.05) is 67.8 Å². The molecule has 32 heavy (non-hydrogen) atoms. The van der Waals surface area contributed by atoms with Gasteiger partial charge in [0.05, 0.1) is 13.2 Å². The molecule has 0 bridgehead atoms. The second-order valence-electron chi connectivity index (χ2n) is 8.33. The van der Waals surface area contributed by atoms with E-state index >= 15 is 0 Å². The molecule has 1 atom stereocenters. The lowest BCUT2D eigenvalue weighted by atomic mass is 9.96. The van der Waals surface area contributed by atoms with E-state index < -0.39 is 0 Å². The summed E-state index contributed by atoms with van der Waals surface area (Å²) in [4.78, 5) is 21.8. The van der Waals surface area contributed by atoms with E-state index in [2.05, 4.69) is 20.6 Å². The normalized spacial score (nSPS) is 15.1. The van der Waals surface area contributed by atoms with Crippen molar-refractivity contribution in [3.05, 3.63) is 72.1 Å². The molecule has 3 aromatic rings. The first-order valence-electron chi connectivity index (χ1n) is 11.3. The van der Waals surface area contributed by atoms with E-state index in [-0.39, 0.29) is 11.9 Å². The number of hydrogen-bond acceptors (Lipinski definition) is 5. The number of aromatic nitrogens is 2. The molecule has 1 aliphatic carbocycles. The SMILES string of the molecule is COc1cccc([C@@H](C)NC(=O)c2cccc(-c3cnc(NC4CCCCC4)nc3)c2)c1. The number of anilines is 1. The Balaban J connectivity index is 1.42. The van der Waals surface area contributed by atoms with Gasteiger partial charge in [-0.15, -0.1) is 0 Å². The third-order valence-corrected chi connectivity index (χ3v) is 5.99. The third-order valence-electron chi connectivity index (χ3n) is 5.99. The largest absolute Gasteiger partial charge is 0.497 e. The van der Waals surface area contributed by atoms with Crippen LogP contribution in [0.1, 0.15) is 61.0 Å². The Morgan fingerprint density at radius 2 is 1.75 bits per heavy atom. The van der Waals surface area contributed by atoms with Gasteiger partial charge in [-0.1, -0.05) is 43.5 Å². The number of nitrogens with one attached hydrogen (secondary N) is 2. The van der Waals surface area contributed by atoms with Gasteiger partial charge in [-0.2, -0.15) is 0 Å². The highest BCUT2D eigenvalue weighted by Gasteiger charge is 2.15. The van der Waals surface area contributed by atoms with Crippen LogP contribution in [0.4, 0.5) is 5.95 Å². The van der Waals surface area contributed by atoms with Gasteiger partial charge in [-0.05, 0) is 55.2 Å². The number of carbonyl (C=O) groups is 1. The Bertz CT molecular complexity index is 1050. The van der Waals surface area contributed by atoms with Crippen molar-refractivity contribution in [1.82, 2.24) is 15.3 Å². The van der Waals surface area contributed by atoms with Crippen LogP contribution in [-0.2, 0) is 0 Å². The Morgan fingerprint density at radius 3 is 2.50 bits per heavy atom. The van der Waals surface area contributed by atoms with Crippen molar-refractivity contribution in [1.29, 1.82) is 0 Å². The summed E-state index contributed by atoms with van der Waals surface area (Å²) in [6.45, 7) is 1.96. The van der Waals surface area contributed by atoms with E-state index in [0.717, 1.165) is 22.4 Å². The summed E-state index contributed by atoms with van der Waals surface area (Å²) in [5.41, 5.74) is 3.38.